The number of halogens is 1. The molecule has 0 aliphatic carbocycles. The Kier molecular flexibility index (Phi) is 5.54. The van der Waals surface area contributed by atoms with Crippen LogP contribution in [0.1, 0.15) is 12.0 Å². The topological polar surface area (TPSA) is 89.2 Å². The number of aryl methyl sites for hydroxylation is 1. The van der Waals surface area contributed by atoms with Gasteiger partial charge in [-0.25, -0.2) is 14.4 Å². The number of fused-ring (bicyclic) bond motifs is 2. The van der Waals surface area contributed by atoms with Gasteiger partial charge in [-0.05, 0) is 48.7 Å². The number of piperidine rings is 1. The number of nitrogens with zero attached hydrogens (tertiary/aromatic N) is 4. The van der Waals surface area contributed by atoms with Gasteiger partial charge in [-0.3, -0.25) is 4.98 Å². The van der Waals surface area contributed by atoms with Crippen LogP contribution < -0.4 is 16.0 Å². The first kappa shape index (κ1) is 21.9. The van der Waals surface area contributed by atoms with Crippen LogP contribution in [0.5, 0.6) is 0 Å². The monoisotopic (exact) mass is 470 g/mol. The molecule has 2 atom stereocenters. The van der Waals surface area contributed by atoms with Crippen LogP contribution in [0.25, 0.3) is 33.3 Å². The molecule has 0 spiro atoms. The highest BCUT2D eigenvalue weighted by Crippen LogP contribution is 2.40. The lowest BCUT2D eigenvalue weighted by atomic mass is 9.94. The fourth-order valence-corrected chi connectivity index (χ4v) is 5.34. The number of nitrogens with one attached hydrogen (secondary N) is 1. The average molecular weight is 471 g/mol. The summed E-state index contributed by atoms with van der Waals surface area (Å²) in [6.07, 6.45) is 6.10. The first-order valence-corrected chi connectivity index (χ1v) is 11.9. The van der Waals surface area contributed by atoms with Crippen LogP contribution in [0.2, 0.25) is 0 Å². The molecule has 0 amide bonds. The summed E-state index contributed by atoms with van der Waals surface area (Å²) in [5.74, 6) is -0.255. The molecule has 2 saturated heterocycles. The van der Waals surface area contributed by atoms with Crippen molar-refractivity contribution in [3.8, 4) is 22.4 Å². The summed E-state index contributed by atoms with van der Waals surface area (Å²) in [6, 6.07) is 11.4. The second-order valence-corrected chi connectivity index (χ2v) is 9.30. The van der Waals surface area contributed by atoms with Crippen molar-refractivity contribution in [1.29, 1.82) is 0 Å². The molecular weight excluding hydrogens is 443 g/mol. The number of benzene rings is 2. The summed E-state index contributed by atoms with van der Waals surface area (Å²) < 4.78 is 20.5. The van der Waals surface area contributed by atoms with Crippen molar-refractivity contribution < 1.29 is 9.13 Å². The number of anilines is 2. The summed E-state index contributed by atoms with van der Waals surface area (Å²) in [7, 11) is 0. The van der Waals surface area contributed by atoms with Gasteiger partial charge in [0, 0.05) is 42.3 Å². The molecule has 4 heterocycles. The smallest absolute Gasteiger partial charge is 0.124 e. The lowest BCUT2D eigenvalue weighted by Crippen LogP contribution is -2.58. The van der Waals surface area contributed by atoms with Crippen LogP contribution in [-0.2, 0) is 4.74 Å². The van der Waals surface area contributed by atoms with Crippen LogP contribution in [0.3, 0.4) is 0 Å². The van der Waals surface area contributed by atoms with Crippen LogP contribution in [0.4, 0.5) is 15.8 Å². The van der Waals surface area contributed by atoms with E-state index in [-0.39, 0.29) is 18.0 Å². The van der Waals surface area contributed by atoms with Crippen molar-refractivity contribution in [2.24, 2.45) is 0 Å². The van der Waals surface area contributed by atoms with Gasteiger partial charge in [0.2, 0.25) is 0 Å². The number of nitrogen functional groups attached to an aromatic ring is 1. The third-order valence-electron chi connectivity index (χ3n) is 6.91. The molecule has 0 unspecified atom stereocenters. The van der Waals surface area contributed by atoms with Crippen LogP contribution in [0.15, 0.2) is 55.1 Å². The molecule has 35 heavy (non-hydrogen) atoms. The van der Waals surface area contributed by atoms with Crippen molar-refractivity contribution in [3.63, 3.8) is 0 Å². The zero-order valence-corrected chi connectivity index (χ0v) is 19.5. The maximum atomic E-state index is 14.5. The molecule has 4 aromatic rings. The van der Waals surface area contributed by atoms with Crippen molar-refractivity contribution >= 4 is 22.3 Å². The third kappa shape index (κ3) is 4.09. The minimum Gasteiger partial charge on any atom is -0.396 e. The fraction of sp³-hybridized carbons (Fsp3) is 0.296. The van der Waals surface area contributed by atoms with E-state index in [2.05, 4.69) is 26.3 Å². The quantitative estimate of drug-likeness (QED) is 0.469. The van der Waals surface area contributed by atoms with Gasteiger partial charge >= 0.3 is 0 Å². The number of morpholine rings is 1. The molecule has 2 fully saturated rings. The Morgan fingerprint density at radius 1 is 1.11 bits per heavy atom. The Bertz CT molecular complexity index is 1390. The van der Waals surface area contributed by atoms with E-state index in [0.717, 1.165) is 71.5 Å². The molecule has 3 N–H and O–H groups in total. The Labute approximate surface area is 203 Å². The molecule has 0 radical (unpaired) electrons. The van der Waals surface area contributed by atoms with E-state index in [0.29, 0.717) is 11.4 Å². The second-order valence-electron chi connectivity index (χ2n) is 9.30. The summed E-state index contributed by atoms with van der Waals surface area (Å²) in [6.45, 7) is 5.13. The molecule has 7 nitrogen and oxygen atoms in total. The molecule has 0 saturated carbocycles. The zero-order chi connectivity index (χ0) is 23.9. The molecule has 2 aromatic heterocycles. The molecular formula is C27H27FN6O. The Morgan fingerprint density at radius 2 is 2.03 bits per heavy atom. The molecule has 0 bridgehead atoms. The number of ether oxygens (including phenoxy) is 1. The van der Waals surface area contributed by atoms with E-state index in [4.69, 9.17) is 15.5 Å². The van der Waals surface area contributed by atoms with E-state index >= 15 is 0 Å². The van der Waals surface area contributed by atoms with E-state index < -0.39 is 0 Å². The normalized spacial score (nSPS) is 20.1. The van der Waals surface area contributed by atoms with Gasteiger partial charge in [0.25, 0.3) is 0 Å². The lowest BCUT2D eigenvalue weighted by Gasteiger charge is -2.43. The van der Waals surface area contributed by atoms with Gasteiger partial charge in [0.15, 0.2) is 0 Å². The predicted octanol–water partition coefficient (Wildman–Crippen LogP) is 3.96. The lowest BCUT2D eigenvalue weighted by molar-refractivity contribution is -0.0134. The Morgan fingerprint density at radius 3 is 2.89 bits per heavy atom. The number of nitrogens with two attached hydrogens (primary N) is 1. The van der Waals surface area contributed by atoms with E-state index in [1.807, 2.05) is 31.3 Å². The van der Waals surface area contributed by atoms with Crippen molar-refractivity contribution in [2.75, 3.05) is 36.9 Å². The third-order valence-corrected chi connectivity index (χ3v) is 6.91. The number of hydrogen-bond donors (Lipinski definition) is 2. The molecule has 2 aliphatic rings. The molecule has 178 valence electrons. The average Bonchev–Trinajstić information content (AvgIpc) is 2.87. The maximum Gasteiger partial charge on any atom is 0.124 e. The summed E-state index contributed by atoms with van der Waals surface area (Å²) in [5.41, 5.74) is 12.8. The first-order valence-electron chi connectivity index (χ1n) is 11.9. The Balaban J connectivity index is 1.55. The van der Waals surface area contributed by atoms with E-state index in [1.165, 1.54) is 6.33 Å². The zero-order valence-electron chi connectivity index (χ0n) is 19.5. The summed E-state index contributed by atoms with van der Waals surface area (Å²) in [4.78, 5) is 15.6. The van der Waals surface area contributed by atoms with Crippen LogP contribution in [0, 0.1) is 12.7 Å². The minimum absolute atomic E-state index is 0.212. The molecule has 2 aliphatic heterocycles. The SMILES string of the molecule is Cc1cc(F)cc(-c2cnc3ccc(-c4ncncc4N)cc3c2N2CC[C@H]3OCCN[C@@H]3C2)c1. The van der Waals surface area contributed by atoms with Gasteiger partial charge < -0.3 is 20.7 Å². The largest absolute Gasteiger partial charge is 0.396 e. The molecule has 6 rings (SSSR count). The van der Waals surface area contributed by atoms with Gasteiger partial charge in [-0.2, -0.15) is 0 Å². The highest BCUT2D eigenvalue weighted by Gasteiger charge is 2.33. The van der Waals surface area contributed by atoms with Crippen LogP contribution in [-0.4, -0.2) is 53.3 Å². The number of aromatic nitrogens is 3. The maximum absolute atomic E-state index is 14.5. The molecule has 2 aromatic carbocycles. The second kappa shape index (κ2) is 8.87. The van der Waals surface area contributed by atoms with Gasteiger partial charge in [0.05, 0.1) is 47.5 Å². The van der Waals surface area contributed by atoms with E-state index in [1.54, 1.807) is 18.3 Å². The van der Waals surface area contributed by atoms with Crippen molar-refractivity contribution in [2.45, 2.75) is 25.5 Å². The van der Waals surface area contributed by atoms with Gasteiger partial charge in [-0.15, -0.1) is 0 Å². The predicted molar refractivity (Wildman–Crippen MR) is 136 cm³/mol. The van der Waals surface area contributed by atoms with E-state index in [9.17, 15) is 4.39 Å². The summed E-state index contributed by atoms with van der Waals surface area (Å²) >= 11 is 0. The highest BCUT2D eigenvalue weighted by molar-refractivity contribution is 6.02. The van der Waals surface area contributed by atoms with Crippen LogP contribution >= 0.6 is 0 Å². The number of rotatable bonds is 3. The Hall–Kier alpha value is -3.62. The summed E-state index contributed by atoms with van der Waals surface area (Å²) in [5, 5.41) is 4.60. The fourth-order valence-electron chi connectivity index (χ4n) is 5.34. The van der Waals surface area contributed by atoms with Gasteiger partial charge in [-0.1, -0.05) is 12.1 Å². The number of hydrogen-bond acceptors (Lipinski definition) is 7. The van der Waals surface area contributed by atoms with Crippen molar-refractivity contribution in [1.82, 2.24) is 20.3 Å². The number of pyridine rings is 1. The standard InChI is InChI=1S/C27H27FN6O/c1-16-8-18(10-19(28)9-16)21-12-32-23-3-2-17(26-22(29)13-30-15-33-26)11-20(23)27(21)34-6-4-25-24(14-34)31-5-7-35-25/h2-3,8-13,15,24-25,31H,4-7,14,29H2,1H3/t24-,25-/m1/s1. The first-order chi connectivity index (χ1) is 17.1. The molecule has 8 heteroatoms. The highest BCUT2D eigenvalue weighted by atomic mass is 19.1. The minimum atomic E-state index is -0.255. The van der Waals surface area contributed by atoms with Gasteiger partial charge in [0.1, 0.15) is 12.1 Å². The van der Waals surface area contributed by atoms with Crippen molar-refractivity contribution in [3.05, 3.63) is 66.5 Å².